The van der Waals surface area contributed by atoms with Gasteiger partial charge in [-0.15, -0.1) is 0 Å². The number of likely N-dealkylation sites (tertiary alicyclic amines) is 1. The average molecular weight is 238 g/mol. The van der Waals surface area contributed by atoms with Crippen molar-refractivity contribution in [2.24, 2.45) is 11.8 Å². The van der Waals surface area contributed by atoms with Crippen LogP contribution in [-0.2, 0) is 4.79 Å². The molecule has 2 aliphatic rings. The Bertz CT molecular complexity index is 259. The number of piperidine rings is 2. The lowest BCUT2D eigenvalue weighted by Gasteiger charge is -2.36. The molecule has 2 aliphatic heterocycles. The Kier molecular flexibility index (Phi) is 4.43. The Hall–Kier alpha value is -0.570. The molecule has 1 amide bonds. The molecule has 98 valence electrons. The van der Waals surface area contributed by atoms with Crippen LogP contribution in [0.3, 0.4) is 0 Å². The summed E-state index contributed by atoms with van der Waals surface area (Å²) >= 11 is 0. The lowest BCUT2D eigenvalue weighted by molar-refractivity contribution is -0.135. The summed E-state index contributed by atoms with van der Waals surface area (Å²) in [4.78, 5) is 14.4. The molecule has 3 heteroatoms. The lowest BCUT2D eigenvalue weighted by Crippen LogP contribution is -2.51. The van der Waals surface area contributed by atoms with Gasteiger partial charge in [0, 0.05) is 13.1 Å². The van der Waals surface area contributed by atoms with Gasteiger partial charge in [-0.05, 0) is 44.1 Å². The van der Waals surface area contributed by atoms with Crippen LogP contribution in [0.2, 0.25) is 0 Å². The molecule has 0 aromatic heterocycles. The third-order valence-electron chi connectivity index (χ3n) is 4.47. The van der Waals surface area contributed by atoms with E-state index in [9.17, 15) is 4.79 Å². The molecule has 17 heavy (non-hydrogen) atoms. The van der Waals surface area contributed by atoms with E-state index in [-0.39, 0.29) is 6.04 Å². The maximum atomic E-state index is 12.4. The van der Waals surface area contributed by atoms with Crippen molar-refractivity contribution in [3.63, 3.8) is 0 Å². The van der Waals surface area contributed by atoms with Crippen molar-refractivity contribution in [1.82, 2.24) is 10.2 Å². The van der Waals surface area contributed by atoms with Crippen LogP contribution in [-0.4, -0.2) is 36.5 Å². The zero-order valence-corrected chi connectivity index (χ0v) is 11.2. The molecule has 2 atom stereocenters. The molecular weight excluding hydrogens is 212 g/mol. The van der Waals surface area contributed by atoms with Crippen LogP contribution in [0, 0.1) is 11.8 Å². The fourth-order valence-corrected chi connectivity index (χ4v) is 3.08. The molecule has 2 rings (SSSR count). The number of amides is 1. The Balaban J connectivity index is 1.83. The number of hydrogen-bond donors (Lipinski definition) is 1. The minimum Gasteiger partial charge on any atom is -0.341 e. The first-order chi connectivity index (χ1) is 8.20. The van der Waals surface area contributed by atoms with Gasteiger partial charge in [-0.25, -0.2) is 0 Å². The summed E-state index contributed by atoms with van der Waals surface area (Å²) in [6, 6.07) is 0.0944. The Labute approximate surface area is 105 Å². The van der Waals surface area contributed by atoms with Crippen molar-refractivity contribution in [3.8, 4) is 0 Å². The van der Waals surface area contributed by atoms with Gasteiger partial charge in [0.1, 0.15) is 0 Å². The van der Waals surface area contributed by atoms with Crippen molar-refractivity contribution < 1.29 is 4.79 Å². The minimum absolute atomic E-state index is 0.0944. The van der Waals surface area contributed by atoms with E-state index in [1.807, 2.05) is 0 Å². The molecule has 0 spiro atoms. The Morgan fingerprint density at radius 1 is 1.29 bits per heavy atom. The zero-order valence-electron chi connectivity index (χ0n) is 11.2. The number of carbonyl (C=O) groups excluding carboxylic acids is 1. The highest BCUT2D eigenvalue weighted by Crippen LogP contribution is 2.22. The molecule has 0 aliphatic carbocycles. The SMILES string of the molecule is CCC1CCN(C(=O)C2CC(C)CCN2)CC1. The van der Waals surface area contributed by atoms with Crippen molar-refractivity contribution in [2.45, 2.75) is 52.0 Å². The topological polar surface area (TPSA) is 32.3 Å². The molecule has 0 radical (unpaired) electrons. The highest BCUT2D eigenvalue weighted by molar-refractivity contribution is 5.82. The predicted molar refractivity (Wildman–Crippen MR) is 69.8 cm³/mol. The van der Waals surface area contributed by atoms with E-state index in [1.54, 1.807) is 0 Å². The fraction of sp³-hybridized carbons (Fsp3) is 0.929. The lowest BCUT2D eigenvalue weighted by atomic mass is 9.91. The van der Waals surface area contributed by atoms with E-state index in [0.717, 1.165) is 32.0 Å². The van der Waals surface area contributed by atoms with Crippen LogP contribution in [0.15, 0.2) is 0 Å². The van der Waals surface area contributed by atoms with Crippen LogP contribution in [0.25, 0.3) is 0 Å². The number of nitrogens with one attached hydrogen (secondary N) is 1. The highest BCUT2D eigenvalue weighted by Gasteiger charge is 2.30. The van der Waals surface area contributed by atoms with Crippen LogP contribution >= 0.6 is 0 Å². The Morgan fingerprint density at radius 2 is 2.00 bits per heavy atom. The summed E-state index contributed by atoms with van der Waals surface area (Å²) in [5, 5.41) is 3.38. The van der Waals surface area contributed by atoms with E-state index >= 15 is 0 Å². The smallest absolute Gasteiger partial charge is 0.239 e. The first kappa shape index (κ1) is 12.9. The molecule has 2 heterocycles. The quantitative estimate of drug-likeness (QED) is 0.798. The fourth-order valence-electron chi connectivity index (χ4n) is 3.08. The van der Waals surface area contributed by atoms with E-state index in [1.165, 1.54) is 25.7 Å². The van der Waals surface area contributed by atoms with Crippen molar-refractivity contribution in [2.75, 3.05) is 19.6 Å². The minimum atomic E-state index is 0.0944. The average Bonchev–Trinajstić information content (AvgIpc) is 2.38. The van der Waals surface area contributed by atoms with Gasteiger partial charge in [-0.1, -0.05) is 20.3 Å². The predicted octanol–water partition coefficient (Wildman–Crippen LogP) is 2.02. The van der Waals surface area contributed by atoms with Gasteiger partial charge < -0.3 is 10.2 Å². The first-order valence-corrected chi connectivity index (χ1v) is 7.23. The molecule has 0 aromatic carbocycles. The van der Waals surface area contributed by atoms with Crippen molar-refractivity contribution in [3.05, 3.63) is 0 Å². The van der Waals surface area contributed by atoms with Crippen molar-refractivity contribution in [1.29, 1.82) is 0 Å². The molecule has 3 nitrogen and oxygen atoms in total. The van der Waals surface area contributed by atoms with Gasteiger partial charge in [0.15, 0.2) is 0 Å². The third-order valence-corrected chi connectivity index (χ3v) is 4.47. The van der Waals surface area contributed by atoms with E-state index < -0.39 is 0 Å². The molecule has 2 fully saturated rings. The normalized spacial score (nSPS) is 31.5. The highest BCUT2D eigenvalue weighted by atomic mass is 16.2. The first-order valence-electron chi connectivity index (χ1n) is 7.23. The second-order valence-electron chi connectivity index (χ2n) is 5.81. The van der Waals surface area contributed by atoms with Crippen LogP contribution in [0.4, 0.5) is 0 Å². The summed E-state index contributed by atoms with van der Waals surface area (Å²) in [5.74, 6) is 1.89. The molecule has 0 aromatic rings. The third kappa shape index (κ3) is 3.21. The molecule has 0 saturated carbocycles. The van der Waals surface area contributed by atoms with Gasteiger partial charge in [-0.3, -0.25) is 4.79 Å². The summed E-state index contributed by atoms with van der Waals surface area (Å²) in [5.41, 5.74) is 0. The maximum Gasteiger partial charge on any atom is 0.239 e. The van der Waals surface area contributed by atoms with E-state index in [2.05, 4.69) is 24.1 Å². The van der Waals surface area contributed by atoms with E-state index in [0.29, 0.717) is 11.8 Å². The monoisotopic (exact) mass is 238 g/mol. The van der Waals surface area contributed by atoms with Gasteiger partial charge >= 0.3 is 0 Å². The van der Waals surface area contributed by atoms with Gasteiger partial charge in [0.25, 0.3) is 0 Å². The molecular formula is C14H26N2O. The van der Waals surface area contributed by atoms with Crippen LogP contribution < -0.4 is 5.32 Å². The number of nitrogens with zero attached hydrogens (tertiary/aromatic N) is 1. The second-order valence-corrected chi connectivity index (χ2v) is 5.81. The number of carbonyl (C=O) groups is 1. The molecule has 1 N–H and O–H groups in total. The summed E-state index contributed by atoms with van der Waals surface area (Å²) in [7, 11) is 0. The summed E-state index contributed by atoms with van der Waals surface area (Å²) in [6.07, 6.45) is 5.89. The van der Waals surface area contributed by atoms with Gasteiger partial charge in [0.2, 0.25) is 5.91 Å². The zero-order chi connectivity index (χ0) is 12.3. The summed E-state index contributed by atoms with van der Waals surface area (Å²) < 4.78 is 0. The van der Waals surface area contributed by atoms with Crippen molar-refractivity contribution >= 4 is 5.91 Å². The van der Waals surface area contributed by atoms with Gasteiger partial charge in [-0.2, -0.15) is 0 Å². The number of rotatable bonds is 2. The summed E-state index contributed by atoms with van der Waals surface area (Å²) in [6.45, 7) is 7.47. The van der Waals surface area contributed by atoms with Crippen LogP contribution in [0.5, 0.6) is 0 Å². The molecule has 0 bridgehead atoms. The standard InChI is InChI=1S/C14H26N2O/c1-3-12-5-8-16(9-6-12)14(17)13-10-11(2)4-7-15-13/h11-13,15H,3-10H2,1-2H3. The van der Waals surface area contributed by atoms with E-state index in [4.69, 9.17) is 0 Å². The Morgan fingerprint density at radius 3 is 2.59 bits per heavy atom. The number of hydrogen-bond acceptors (Lipinski definition) is 2. The van der Waals surface area contributed by atoms with Gasteiger partial charge in [0.05, 0.1) is 6.04 Å². The largest absolute Gasteiger partial charge is 0.341 e. The maximum absolute atomic E-state index is 12.4. The van der Waals surface area contributed by atoms with Crippen LogP contribution in [0.1, 0.15) is 46.0 Å². The second kappa shape index (κ2) is 5.85. The molecule has 2 saturated heterocycles. The molecule has 2 unspecified atom stereocenters.